The molecule has 15 heteroatoms. The number of amides is 3. The van der Waals surface area contributed by atoms with E-state index in [4.69, 9.17) is 30.5 Å². The quantitative estimate of drug-likeness (QED) is 0.0643. The van der Waals surface area contributed by atoms with Crippen LogP contribution in [0.1, 0.15) is 62.5 Å². The number of carbonyl (C=O) groups excluding carboxylic acids is 3. The van der Waals surface area contributed by atoms with Crippen LogP contribution in [0, 0.1) is 11.3 Å². The lowest BCUT2D eigenvalue weighted by molar-refractivity contribution is -0.149. The number of nitrogens with two attached hydrogens (primary N) is 1. The number of aliphatic hydroxyl groups is 1. The van der Waals surface area contributed by atoms with E-state index < -0.39 is 53.5 Å². The highest BCUT2D eigenvalue weighted by Gasteiger charge is 2.71. The van der Waals surface area contributed by atoms with Gasteiger partial charge in [-0.15, -0.1) is 0 Å². The summed E-state index contributed by atoms with van der Waals surface area (Å²) in [5.74, 6) is -1.25. The maximum Gasteiger partial charge on any atom is 0.414 e. The molecule has 0 aromatic heterocycles. The van der Waals surface area contributed by atoms with Crippen molar-refractivity contribution in [2.75, 3.05) is 33.8 Å². The zero-order chi connectivity index (χ0) is 33.9. The highest BCUT2D eigenvalue weighted by atomic mass is 16.6. The van der Waals surface area contributed by atoms with Crippen molar-refractivity contribution in [2.24, 2.45) is 11.7 Å². The fourth-order valence-electron chi connectivity index (χ4n) is 7.77. The summed E-state index contributed by atoms with van der Waals surface area (Å²) in [5.41, 5.74) is 5.56. The van der Waals surface area contributed by atoms with E-state index in [9.17, 15) is 24.3 Å². The molecule has 0 saturated heterocycles. The molecule has 1 fully saturated rings. The Bertz CT molecular complexity index is 1470. The van der Waals surface area contributed by atoms with Gasteiger partial charge in [0.2, 0.25) is 11.8 Å². The van der Waals surface area contributed by atoms with Crippen molar-refractivity contribution in [3.05, 3.63) is 35.1 Å². The van der Waals surface area contributed by atoms with Crippen LogP contribution < -0.4 is 31.2 Å². The van der Waals surface area contributed by atoms with Gasteiger partial charge in [-0.3, -0.25) is 19.8 Å². The predicted molar refractivity (Wildman–Crippen MR) is 168 cm³/mol. The highest BCUT2D eigenvalue weighted by Crippen LogP contribution is 2.67. The molecule has 1 saturated carbocycles. The number of aliphatic carboxylic acids is 1. The first-order chi connectivity index (χ1) is 22.4. The molecule has 1 aromatic rings. The zero-order valence-corrected chi connectivity index (χ0v) is 26.7. The minimum Gasteiger partial charge on any atom is -0.493 e. The molecular weight excluding hydrogens is 612 g/mol. The zero-order valence-electron chi connectivity index (χ0n) is 26.7. The van der Waals surface area contributed by atoms with Gasteiger partial charge in [0.05, 0.1) is 18.1 Å². The minimum atomic E-state index is -1.32. The smallest absolute Gasteiger partial charge is 0.414 e. The number of unbranched alkanes of at least 4 members (excludes halogenated alkanes) is 1. The number of carbonyl (C=O) groups is 4. The number of ether oxygens (including phenoxy) is 3. The summed E-state index contributed by atoms with van der Waals surface area (Å²) in [7, 11) is 3.11. The number of hydrogen-bond acceptors (Lipinski definition) is 9. The van der Waals surface area contributed by atoms with Gasteiger partial charge in [0.15, 0.2) is 23.6 Å². The molecule has 5 rings (SSSR count). The first-order valence-electron chi connectivity index (χ1n) is 16.0. The van der Waals surface area contributed by atoms with E-state index in [0.29, 0.717) is 49.5 Å². The third kappa shape index (κ3) is 6.40. The van der Waals surface area contributed by atoms with Crippen LogP contribution in [0.5, 0.6) is 11.5 Å². The van der Waals surface area contributed by atoms with E-state index in [0.717, 1.165) is 30.4 Å². The van der Waals surface area contributed by atoms with Crippen LogP contribution in [0.25, 0.3) is 0 Å². The number of likely N-dealkylation sites (N-methyl/N-ethyl adjacent to an activating group) is 1. The summed E-state index contributed by atoms with van der Waals surface area (Å²) in [5, 5.41) is 36.2. The Labute approximate surface area is 272 Å². The van der Waals surface area contributed by atoms with Crippen molar-refractivity contribution in [3.63, 3.8) is 0 Å². The molecule has 15 nitrogen and oxygen atoms in total. The predicted octanol–water partition coefficient (Wildman–Crippen LogP) is 0.866. The van der Waals surface area contributed by atoms with Gasteiger partial charge >= 0.3 is 12.1 Å². The summed E-state index contributed by atoms with van der Waals surface area (Å²) in [6, 6.07) is 2.94. The number of nitrogens with one attached hydrogen (secondary N) is 4. The first-order valence-corrected chi connectivity index (χ1v) is 16.0. The second-order valence-electron chi connectivity index (χ2n) is 12.7. The van der Waals surface area contributed by atoms with Gasteiger partial charge in [0.1, 0.15) is 18.2 Å². The van der Waals surface area contributed by atoms with Crippen LogP contribution in [0.4, 0.5) is 4.79 Å². The fraction of sp³-hybridized carbons (Fsp3) is 0.594. The van der Waals surface area contributed by atoms with Crippen LogP contribution in [-0.4, -0.2) is 96.5 Å². The number of benzene rings is 1. The summed E-state index contributed by atoms with van der Waals surface area (Å²) in [6.45, 7) is 0.527. The molecule has 2 bridgehead atoms. The maximum atomic E-state index is 13.3. The van der Waals surface area contributed by atoms with Crippen molar-refractivity contribution in [1.29, 1.82) is 5.41 Å². The van der Waals surface area contributed by atoms with Crippen molar-refractivity contribution in [2.45, 2.75) is 80.9 Å². The summed E-state index contributed by atoms with van der Waals surface area (Å²) < 4.78 is 18.1. The molecule has 47 heavy (non-hydrogen) atoms. The Balaban J connectivity index is 1.20. The molecule has 8 N–H and O–H groups in total. The van der Waals surface area contributed by atoms with Gasteiger partial charge in [0, 0.05) is 32.2 Å². The average molecular weight is 657 g/mol. The van der Waals surface area contributed by atoms with Crippen molar-refractivity contribution < 1.29 is 43.6 Å². The van der Waals surface area contributed by atoms with E-state index >= 15 is 0 Å². The fourth-order valence-corrected chi connectivity index (χ4v) is 7.77. The normalized spacial score (nSPS) is 25.2. The van der Waals surface area contributed by atoms with Gasteiger partial charge in [-0.25, -0.2) is 4.79 Å². The highest BCUT2D eigenvalue weighted by molar-refractivity contribution is 5.96. The van der Waals surface area contributed by atoms with E-state index in [2.05, 4.69) is 16.0 Å². The molecule has 0 unspecified atom stereocenters. The van der Waals surface area contributed by atoms with E-state index in [1.807, 2.05) is 12.1 Å². The van der Waals surface area contributed by atoms with Crippen molar-refractivity contribution >= 4 is 29.8 Å². The van der Waals surface area contributed by atoms with Gasteiger partial charge in [-0.05, 0) is 68.6 Å². The number of hydrogen-bond donors (Lipinski definition) is 7. The first kappa shape index (κ1) is 33.8. The minimum absolute atomic E-state index is 0.0397. The molecule has 1 aliphatic heterocycles. The Hall–Kier alpha value is -4.53. The molecule has 1 aromatic carbocycles. The van der Waals surface area contributed by atoms with Crippen LogP contribution >= 0.6 is 0 Å². The van der Waals surface area contributed by atoms with E-state index in [-0.39, 0.29) is 31.4 Å². The van der Waals surface area contributed by atoms with Gasteiger partial charge in [-0.1, -0.05) is 12.5 Å². The standard InChI is InChI=1S/C32H44N6O9/c1-38(15-14-35-28(42)20(37-23(39)17-24(40)41)7-3-4-13-36-29(33)34)30(43)46-22-10-12-32(44)19-6-5-11-31(32)25-18(16-19)8-9-21(45-2)26(25)47-27(22)31/h8-10,19-20,27,44H,3-7,11-17H2,1-2H3,(H,35,42)(H,37,39)(H,40,41)(H4,33,34,36)/t19-,20-,27+,31+,32-/m0/s1. The van der Waals surface area contributed by atoms with Gasteiger partial charge in [-0.2, -0.15) is 0 Å². The third-order valence-electron chi connectivity index (χ3n) is 9.93. The molecular formula is C32H44N6O9. The molecule has 1 spiro atoms. The molecule has 1 heterocycles. The SMILES string of the molecule is COc1ccc2c3c1O[C@@H]1C(OC(=O)N(C)CCNC(=O)[C@H](CCCCNC(=N)N)NC(=O)CC(=O)O)=CC[C@]4(O)[C@@H](CCC[C@@]314)C2. The average Bonchev–Trinajstić information content (AvgIpc) is 3.36. The Morgan fingerprint density at radius 1 is 1.21 bits per heavy atom. The van der Waals surface area contributed by atoms with Crippen molar-refractivity contribution in [1.82, 2.24) is 20.9 Å². The van der Waals surface area contributed by atoms with Crippen LogP contribution in [0.2, 0.25) is 0 Å². The summed E-state index contributed by atoms with van der Waals surface area (Å²) in [4.78, 5) is 50.6. The van der Waals surface area contributed by atoms with Crippen LogP contribution in [0.15, 0.2) is 24.0 Å². The number of guanidine groups is 1. The topological polar surface area (TPSA) is 226 Å². The second-order valence-corrected chi connectivity index (χ2v) is 12.7. The third-order valence-corrected chi connectivity index (χ3v) is 9.93. The second kappa shape index (κ2) is 13.7. The molecule has 256 valence electrons. The van der Waals surface area contributed by atoms with Crippen LogP contribution in [-0.2, 0) is 31.0 Å². The number of rotatable bonds is 14. The molecule has 3 amide bonds. The monoisotopic (exact) mass is 656 g/mol. The van der Waals surface area contributed by atoms with Crippen LogP contribution in [0.3, 0.4) is 0 Å². The Morgan fingerprint density at radius 2 is 2.00 bits per heavy atom. The number of carboxylic acid groups (broad SMARTS) is 1. The summed E-state index contributed by atoms with van der Waals surface area (Å²) >= 11 is 0. The lowest BCUT2D eigenvalue weighted by atomic mass is 9.47. The number of carboxylic acids is 1. The van der Waals surface area contributed by atoms with Crippen molar-refractivity contribution in [3.8, 4) is 11.5 Å². The molecule has 3 aliphatic carbocycles. The van der Waals surface area contributed by atoms with Gasteiger partial charge < -0.3 is 51.0 Å². The lowest BCUT2D eigenvalue weighted by Gasteiger charge is -2.59. The lowest BCUT2D eigenvalue weighted by Crippen LogP contribution is -2.67. The van der Waals surface area contributed by atoms with E-state index in [1.54, 1.807) is 13.2 Å². The molecule has 5 atom stereocenters. The molecule has 4 aliphatic rings. The maximum absolute atomic E-state index is 13.3. The Morgan fingerprint density at radius 3 is 2.72 bits per heavy atom. The van der Waals surface area contributed by atoms with E-state index in [1.165, 1.54) is 11.9 Å². The number of methoxy groups -OCH3 is 1. The van der Waals surface area contributed by atoms with Gasteiger partial charge in [0.25, 0.3) is 0 Å². The molecule has 0 radical (unpaired) electrons. The largest absolute Gasteiger partial charge is 0.493 e. The Kier molecular flexibility index (Phi) is 9.84. The summed E-state index contributed by atoms with van der Waals surface area (Å²) in [6.07, 6.45) is 4.49. The number of nitrogens with zero attached hydrogens (tertiary/aromatic N) is 1.